The van der Waals surface area contributed by atoms with E-state index in [0.29, 0.717) is 0 Å². The molecule has 0 saturated heterocycles. The normalized spacial score (nSPS) is 11.8. The predicted molar refractivity (Wildman–Crippen MR) is 223 cm³/mol. The highest BCUT2D eigenvalue weighted by Gasteiger charge is 2.23. The molecule has 0 fully saturated rings. The van der Waals surface area contributed by atoms with Crippen molar-refractivity contribution in [2.24, 2.45) is 0 Å². The maximum atomic E-state index is 6.69. The molecule has 0 aliphatic heterocycles. The van der Waals surface area contributed by atoms with Crippen LogP contribution in [0.25, 0.3) is 82.1 Å². The lowest BCUT2D eigenvalue weighted by Crippen LogP contribution is -2.11. The molecule has 0 amide bonds. The Kier molecular flexibility index (Phi) is 6.55. The number of hydrogen-bond donors (Lipinski definition) is 0. The number of anilines is 3. The molecule has 11 aromatic rings. The van der Waals surface area contributed by atoms with Crippen molar-refractivity contribution < 1.29 is 4.42 Å². The third-order valence-corrected chi connectivity index (χ3v) is 10.8. The number of para-hydroxylation sites is 4. The standard InChI is InChI=1S/C50H32N2O/c1-2-13-35-32-36(25-24-33(35)12-1)34-26-28-37(29-27-34)51(48-22-11-19-43-42-18-7-10-23-49(42)53-50(43)48)46-30-31-47(41-15-4-3-14-40(41)46)52-44-20-8-5-16-38(44)39-17-6-9-21-45(39)52/h1-32H. The molecule has 0 N–H and O–H groups in total. The van der Waals surface area contributed by atoms with Crippen LogP contribution in [0.3, 0.4) is 0 Å². The molecule has 0 aliphatic rings. The summed E-state index contributed by atoms with van der Waals surface area (Å²) in [6, 6.07) is 69.7. The summed E-state index contributed by atoms with van der Waals surface area (Å²) in [6.07, 6.45) is 0. The van der Waals surface area contributed by atoms with Gasteiger partial charge >= 0.3 is 0 Å². The van der Waals surface area contributed by atoms with Crippen LogP contribution in [0.1, 0.15) is 0 Å². The van der Waals surface area contributed by atoms with E-state index in [1.54, 1.807) is 0 Å². The molecule has 3 heteroatoms. The number of nitrogens with zero attached hydrogens (tertiary/aromatic N) is 2. The van der Waals surface area contributed by atoms with Gasteiger partial charge in [0.2, 0.25) is 0 Å². The summed E-state index contributed by atoms with van der Waals surface area (Å²) >= 11 is 0. The van der Waals surface area contributed by atoms with Crippen molar-refractivity contribution in [2.75, 3.05) is 4.90 Å². The predicted octanol–water partition coefficient (Wildman–Crippen LogP) is 14.1. The number of benzene rings is 9. The number of rotatable bonds is 5. The fourth-order valence-corrected chi connectivity index (χ4v) is 8.33. The molecule has 0 spiro atoms. The number of hydrogen-bond acceptors (Lipinski definition) is 2. The smallest absolute Gasteiger partial charge is 0.159 e. The Morgan fingerprint density at radius 1 is 0.377 bits per heavy atom. The van der Waals surface area contributed by atoms with Crippen LogP contribution in [0.4, 0.5) is 17.1 Å². The van der Waals surface area contributed by atoms with E-state index in [-0.39, 0.29) is 0 Å². The van der Waals surface area contributed by atoms with Crippen LogP contribution < -0.4 is 4.90 Å². The van der Waals surface area contributed by atoms with Crippen LogP contribution in [-0.2, 0) is 0 Å². The van der Waals surface area contributed by atoms with Gasteiger partial charge in [-0.2, -0.15) is 0 Å². The lowest BCUT2D eigenvalue weighted by Gasteiger charge is -2.28. The summed E-state index contributed by atoms with van der Waals surface area (Å²) in [5, 5.41) is 9.52. The average Bonchev–Trinajstić information content (AvgIpc) is 3.78. The molecule has 0 saturated carbocycles. The molecule has 2 aromatic heterocycles. The van der Waals surface area contributed by atoms with Crippen LogP contribution >= 0.6 is 0 Å². The first-order valence-corrected chi connectivity index (χ1v) is 18.1. The Hall–Kier alpha value is -7.10. The van der Waals surface area contributed by atoms with Crippen molar-refractivity contribution in [1.29, 1.82) is 0 Å². The minimum absolute atomic E-state index is 0.864. The molecule has 53 heavy (non-hydrogen) atoms. The van der Waals surface area contributed by atoms with Crippen molar-refractivity contribution in [3.05, 3.63) is 194 Å². The summed E-state index contributed by atoms with van der Waals surface area (Å²) in [4.78, 5) is 2.37. The Labute approximate surface area is 306 Å². The summed E-state index contributed by atoms with van der Waals surface area (Å²) in [6.45, 7) is 0. The molecule has 3 nitrogen and oxygen atoms in total. The maximum Gasteiger partial charge on any atom is 0.159 e. The number of furan rings is 1. The van der Waals surface area contributed by atoms with Gasteiger partial charge in [0.1, 0.15) is 5.58 Å². The molecule has 0 aliphatic carbocycles. The zero-order chi connectivity index (χ0) is 34.9. The highest BCUT2D eigenvalue weighted by Crippen LogP contribution is 2.46. The highest BCUT2D eigenvalue weighted by molar-refractivity contribution is 6.14. The second kappa shape index (κ2) is 11.7. The molecule has 2 heterocycles. The van der Waals surface area contributed by atoms with Gasteiger partial charge in [-0.15, -0.1) is 0 Å². The third-order valence-electron chi connectivity index (χ3n) is 10.8. The van der Waals surface area contributed by atoms with Gasteiger partial charge < -0.3 is 13.9 Å². The largest absolute Gasteiger partial charge is 0.454 e. The Balaban J connectivity index is 1.15. The third kappa shape index (κ3) is 4.61. The lowest BCUT2D eigenvalue weighted by atomic mass is 10.00. The quantitative estimate of drug-likeness (QED) is 0.181. The topological polar surface area (TPSA) is 21.3 Å². The zero-order valence-electron chi connectivity index (χ0n) is 28.8. The summed E-state index contributed by atoms with van der Waals surface area (Å²) in [5.74, 6) is 0. The average molecular weight is 677 g/mol. The molecular weight excluding hydrogens is 645 g/mol. The maximum absolute atomic E-state index is 6.69. The van der Waals surface area contributed by atoms with Gasteiger partial charge in [-0.25, -0.2) is 0 Å². The molecule has 11 rings (SSSR count). The summed E-state index contributed by atoms with van der Waals surface area (Å²) in [7, 11) is 0. The zero-order valence-corrected chi connectivity index (χ0v) is 28.8. The van der Waals surface area contributed by atoms with E-state index < -0.39 is 0 Å². The van der Waals surface area contributed by atoms with Crippen molar-refractivity contribution >= 4 is 82.4 Å². The van der Waals surface area contributed by atoms with E-state index in [9.17, 15) is 0 Å². The van der Waals surface area contributed by atoms with E-state index >= 15 is 0 Å². The van der Waals surface area contributed by atoms with Crippen LogP contribution in [0, 0.1) is 0 Å². The van der Waals surface area contributed by atoms with E-state index in [1.807, 2.05) is 6.07 Å². The first kappa shape index (κ1) is 29.6. The van der Waals surface area contributed by atoms with Gasteiger partial charge in [-0.1, -0.05) is 140 Å². The van der Waals surface area contributed by atoms with E-state index in [4.69, 9.17) is 4.42 Å². The van der Waals surface area contributed by atoms with Crippen molar-refractivity contribution in [3.8, 4) is 16.8 Å². The first-order chi connectivity index (χ1) is 26.3. The van der Waals surface area contributed by atoms with Gasteiger partial charge in [0.15, 0.2) is 5.58 Å². The highest BCUT2D eigenvalue weighted by atomic mass is 16.3. The molecular formula is C50H32N2O. The van der Waals surface area contributed by atoms with Crippen LogP contribution in [0.15, 0.2) is 199 Å². The minimum Gasteiger partial charge on any atom is -0.454 e. The number of aromatic nitrogens is 1. The second-order valence-corrected chi connectivity index (χ2v) is 13.7. The molecule has 0 atom stereocenters. The second-order valence-electron chi connectivity index (χ2n) is 13.7. The van der Waals surface area contributed by atoms with Crippen molar-refractivity contribution in [3.63, 3.8) is 0 Å². The minimum atomic E-state index is 0.864. The Bertz CT molecular complexity index is 3130. The molecule has 0 unspecified atom stereocenters. The van der Waals surface area contributed by atoms with Crippen molar-refractivity contribution in [1.82, 2.24) is 4.57 Å². The monoisotopic (exact) mass is 676 g/mol. The van der Waals surface area contributed by atoms with Gasteiger partial charge in [-0.05, 0) is 76.5 Å². The number of fused-ring (bicyclic) bond motifs is 8. The fourth-order valence-electron chi connectivity index (χ4n) is 8.33. The lowest BCUT2D eigenvalue weighted by molar-refractivity contribution is 0.669. The molecule has 248 valence electrons. The molecule has 0 bridgehead atoms. The SMILES string of the molecule is c1ccc2cc(-c3ccc(N(c4ccc(-n5c6ccccc6c6ccccc65)c5ccccc45)c4cccc5c4oc4ccccc45)cc3)ccc2c1. The Morgan fingerprint density at radius 2 is 0.981 bits per heavy atom. The van der Waals surface area contributed by atoms with Gasteiger partial charge in [0.05, 0.1) is 28.1 Å². The van der Waals surface area contributed by atoms with Crippen LogP contribution in [0.5, 0.6) is 0 Å². The molecule has 0 radical (unpaired) electrons. The van der Waals surface area contributed by atoms with E-state index in [1.165, 1.54) is 49.1 Å². The van der Waals surface area contributed by atoms with Crippen LogP contribution in [0.2, 0.25) is 0 Å². The fraction of sp³-hybridized carbons (Fsp3) is 0. The van der Waals surface area contributed by atoms with E-state index in [0.717, 1.165) is 50.1 Å². The van der Waals surface area contributed by atoms with Crippen molar-refractivity contribution in [2.45, 2.75) is 0 Å². The summed E-state index contributed by atoms with van der Waals surface area (Å²) in [5.41, 5.74) is 10.8. The molecule has 9 aromatic carbocycles. The van der Waals surface area contributed by atoms with Gasteiger partial charge in [-0.3, -0.25) is 0 Å². The van der Waals surface area contributed by atoms with Crippen LogP contribution in [-0.4, -0.2) is 4.57 Å². The summed E-state index contributed by atoms with van der Waals surface area (Å²) < 4.78 is 9.10. The van der Waals surface area contributed by atoms with Gasteiger partial charge in [0.25, 0.3) is 0 Å². The van der Waals surface area contributed by atoms with E-state index in [2.05, 4.69) is 198 Å². The Morgan fingerprint density at radius 3 is 1.75 bits per heavy atom. The van der Waals surface area contributed by atoms with Gasteiger partial charge in [0, 0.05) is 38.0 Å². The first-order valence-electron chi connectivity index (χ1n) is 18.1.